The maximum Gasteiger partial charge on any atom is 0.0657 e. The zero-order chi connectivity index (χ0) is 31.8. The third-order valence-electron chi connectivity index (χ3n) is 7.29. The smallest absolute Gasteiger partial charge is 0.0657 e. The van der Waals surface area contributed by atoms with E-state index >= 15 is 0 Å². The predicted molar refractivity (Wildman–Crippen MR) is 192 cm³/mol. The fourth-order valence-electron chi connectivity index (χ4n) is 4.11. The van der Waals surface area contributed by atoms with Gasteiger partial charge in [-0.05, 0) is 127 Å². The summed E-state index contributed by atoms with van der Waals surface area (Å²) >= 11 is 0. The molecule has 42 heavy (non-hydrogen) atoms. The molecule has 1 heteroatoms. The first kappa shape index (κ1) is 39.4. The second-order valence-corrected chi connectivity index (χ2v) is 12.7. The molecule has 0 atom stereocenters. The molecule has 0 amide bonds. The van der Waals surface area contributed by atoms with Crippen LogP contribution in [-0.4, -0.2) is 12.7 Å². The van der Waals surface area contributed by atoms with Crippen molar-refractivity contribution in [1.29, 1.82) is 0 Å². The third kappa shape index (κ3) is 25.1. The molecule has 0 bridgehead atoms. The van der Waals surface area contributed by atoms with Gasteiger partial charge in [0.15, 0.2) is 0 Å². The van der Waals surface area contributed by atoms with Gasteiger partial charge in [-0.15, -0.1) is 0 Å². The average molecular weight is 573 g/mol. The fraction of sp³-hybridized carbons (Fsp3) is 0.512. The molecule has 0 aromatic rings. The Morgan fingerprint density at radius 2 is 1.00 bits per heavy atom. The Morgan fingerprint density at radius 1 is 0.524 bits per heavy atom. The van der Waals surface area contributed by atoms with Crippen molar-refractivity contribution in [3.63, 3.8) is 0 Å². The Labute approximate surface area is 262 Å². The highest BCUT2D eigenvalue weighted by Crippen LogP contribution is 2.15. The summed E-state index contributed by atoms with van der Waals surface area (Å²) in [6, 6.07) is 0. The number of methoxy groups -OCH3 is 1. The van der Waals surface area contributed by atoms with E-state index in [-0.39, 0.29) is 5.60 Å². The van der Waals surface area contributed by atoms with Gasteiger partial charge >= 0.3 is 0 Å². The lowest BCUT2D eigenvalue weighted by Crippen LogP contribution is -2.20. The molecule has 0 heterocycles. The van der Waals surface area contributed by atoms with E-state index in [9.17, 15) is 0 Å². The van der Waals surface area contributed by atoms with E-state index in [1.807, 2.05) is 0 Å². The largest absolute Gasteiger partial charge is 0.378 e. The van der Waals surface area contributed by atoms with Gasteiger partial charge < -0.3 is 4.74 Å². The summed E-state index contributed by atoms with van der Waals surface area (Å²) in [4.78, 5) is 0. The minimum atomic E-state index is -0.0974. The second kappa shape index (κ2) is 23.9. The van der Waals surface area contributed by atoms with Gasteiger partial charge in [0.25, 0.3) is 0 Å². The molecule has 0 saturated carbocycles. The molecule has 0 aromatic heterocycles. The normalized spacial score (nSPS) is 15.1. The summed E-state index contributed by atoms with van der Waals surface area (Å²) in [5, 5.41) is 0. The first-order valence-electron chi connectivity index (χ1n) is 16.0. The van der Waals surface area contributed by atoms with Crippen LogP contribution in [0.2, 0.25) is 0 Å². The van der Waals surface area contributed by atoms with E-state index in [0.717, 1.165) is 51.4 Å². The Hall–Kier alpha value is -2.64. The minimum Gasteiger partial charge on any atom is -0.378 e. The molecule has 0 rings (SSSR count). The van der Waals surface area contributed by atoms with Crippen molar-refractivity contribution in [3.8, 4) is 0 Å². The summed E-state index contributed by atoms with van der Waals surface area (Å²) in [6.07, 6.45) is 39.1. The highest BCUT2D eigenvalue weighted by Gasteiger charge is 2.12. The maximum atomic E-state index is 5.47. The highest BCUT2D eigenvalue weighted by molar-refractivity contribution is 5.27. The first-order chi connectivity index (χ1) is 19.8. The van der Waals surface area contributed by atoms with Gasteiger partial charge in [0.2, 0.25) is 0 Å². The zero-order valence-corrected chi connectivity index (χ0v) is 29.3. The molecule has 0 aliphatic carbocycles. The van der Waals surface area contributed by atoms with Crippen LogP contribution in [0.1, 0.15) is 127 Å². The molecule has 1 nitrogen and oxygen atoms in total. The molecule has 0 unspecified atom stereocenters. The Kier molecular flexibility index (Phi) is 22.4. The number of ether oxygens (including phenoxy) is 1. The van der Waals surface area contributed by atoms with Crippen molar-refractivity contribution in [1.82, 2.24) is 0 Å². The summed E-state index contributed by atoms with van der Waals surface area (Å²) in [5.74, 6) is 0. The van der Waals surface area contributed by atoms with Crippen LogP contribution < -0.4 is 0 Å². The van der Waals surface area contributed by atoms with E-state index in [2.05, 4.69) is 148 Å². The standard InChI is InChI=1S/C41H64O/c1-34(2)20-14-23-37(5)26-17-29-38(6)27-15-24-35(3)21-12-13-22-36(4)25-16-28-39(7)30-18-31-40(8)32-19-33-41(9,10)42-11/h12-13,16,19-22,25-28,31-32H,14-15,17-18,23-24,29-30,33H2,1-11H3/b13-12+,25-16+,32-19+,35-21+,36-22+,37-26-,38-27-,39-28+,40-31+. The van der Waals surface area contributed by atoms with Gasteiger partial charge in [0.05, 0.1) is 5.60 Å². The topological polar surface area (TPSA) is 9.23 Å². The number of allylic oxidation sites excluding steroid dienone is 19. The molecule has 0 saturated heterocycles. The summed E-state index contributed by atoms with van der Waals surface area (Å²) in [5.41, 5.74) is 9.71. The van der Waals surface area contributed by atoms with Crippen LogP contribution in [0.3, 0.4) is 0 Å². The van der Waals surface area contributed by atoms with Crippen molar-refractivity contribution in [2.45, 2.75) is 133 Å². The van der Waals surface area contributed by atoms with Crippen LogP contribution in [0, 0.1) is 0 Å². The van der Waals surface area contributed by atoms with Crippen molar-refractivity contribution in [2.24, 2.45) is 0 Å². The second-order valence-electron chi connectivity index (χ2n) is 12.7. The van der Waals surface area contributed by atoms with Crippen LogP contribution in [0.4, 0.5) is 0 Å². The van der Waals surface area contributed by atoms with Gasteiger partial charge in [-0.2, -0.15) is 0 Å². The van der Waals surface area contributed by atoms with Crippen LogP contribution >= 0.6 is 0 Å². The van der Waals surface area contributed by atoms with Crippen molar-refractivity contribution < 1.29 is 4.74 Å². The van der Waals surface area contributed by atoms with Crippen molar-refractivity contribution in [2.75, 3.05) is 7.11 Å². The van der Waals surface area contributed by atoms with Gasteiger partial charge in [0.1, 0.15) is 0 Å². The molecule has 0 aliphatic rings. The monoisotopic (exact) mass is 572 g/mol. The number of rotatable bonds is 20. The van der Waals surface area contributed by atoms with Gasteiger partial charge in [-0.3, -0.25) is 0 Å². The number of hydrogen-bond acceptors (Lipinski definition) is 1. The molecule has 0 N–H and O–H groups in total. The van der Waals surface area contributed by atoms with Crippen LogP contribution in [0.5, 0.6) is 0 Å². The first-order valence-corrected chi connectivity index (χ1v) is 16.0. The quantitative estimate of drug-likeness (QED) is 0.104. The Bertz CT molecular complexity index is 1070. The SMILES string of the molecule is COC(C)(C)C/C=C/C(C)=C/CC/C(C)=C/C=C/C(C)=C/C=C/C=C(\C)CC/C=C(/C)CC/C=C(/C)CCC=C(C)C. The molecule has 0 spiro atoms. The van der Waals surface area contributed by atoms with E-state index in [1.54, 1.807) is 7.11 Å². The predicted octanol–water partition coefficient (Wildman–Crippen LogP) is 13.2. The summed E-state index contributed by atoms with van der Waals surface area (Å²) < 4.78 is 5.47. The summed E-state index contributed by atoms with van der Waals surface area (Å²) in [6.45, 7) is 21.9. The molecule has 0 aliphatic heterocycles. The van der Waals surface area contributed by atoms with Crippen LogP contribution in [0.25, 0.3) is 0 Å². The molecule has 0 aromatic carbocycles. The molecule has 0 fully saturated rings. The molecular weight excluding hydrogens is 508 g/mol. The van der Waals surface area contributed by atoms with Crippen LogP contribution in [-0.2, 0) is 4.74 Å². The van der Waals surface area contributed by atoms with E-state index in [0.29, 0.717) is 0 Å². The molecule has 0 radical (unpaired) electrons. The zero-order valence-electron chi connectivity index (χ0n) is 29.3. The lowest BCUT2D eigenvalue weighted by molar-refractivity contribution is 0.0255. The average Bonchev–Trinajstić information content (AvgIpc) is 2.91. The Morgan fingerprint density at radius 3 is 1.55 bits per heavy atom. The Balaban J connectivity index is 4.45. The fourth-order valence-corrected chi connectivity index (χ4v) is 4.11. The minimum absolute atomic E-state index is 0.0974. The van der Waals surface area contributed by atoms with Gasteiger partial charge in [-0.25, -0.2) is 0 Å². The van der Waals surface area contributed by atoms with Crippen molar-refractivity contribution in [3.05, 3.63) is 118 Å². The van der Waals surface area contributed by atoms with E-state index in [1.165, 1.54) is 45.4 Å². The van der Waals surface area contributed by atoms with Crippen molar-refractivity contribution >= 4 is 0 Å². The summed E-state index contributed by atoms with van der Waals surface area (Å²) in [7, 11) is 1.77. The highest BCUT2D eigenvalue weighted by atomic mass is 16.5. The molecular formula is C41H64O. The van der Waals surface area contributed by atoms with Gasteiger partial charge in [-0.1, -0.05) is 118 Å². The van der Waals surface area contributed by atoms with E-state index in [4.69, 9.17) is 4.74 Å². The number of hydrogen-bond donors (Lipinski definition) is 0. The maximum absolute atomic E-state index is 5.47. The molecule has 234 valence electrons. The van der Waals surface area contributed by atoms with Crippen LogP contribution in [0.15, 0.2) is 118 Å². The van der Waals surface area contributed by atoms with E-state index < -0.39 is 0 Å². The van der Waals surface area contributed by atoms with Gasteiger partial charge in [0, 0.05) is 7.11 Å². The lowest BCUT2D eigenvalue weighted by atomic mass is 10.0. The lowest BCUT2D eigenvalue weighted by Gasteiger charge is -2.20. The third-order valence-corrected chi connectivity index (χ3v) is 7.29.